The normalized spacial score (nSPS) is 15.1. The number of piperidine rings is 1. The molecule has 0 spiro atoms. The molecule has 1 aromatic carbocycles. The molecule has 1 aliphatic rings. The first-order valence-electron chi connectivity index (χ1n) is 10.2. The minimum Gasteiger partial charge on any atom is -0.372 e. The van der Waals surface area contributed by atoms with Crippen LogP contribution in [-0.2, 0) is 16.1 Å². The number of aromatic nitrogens is 1. The van der Waals surface area contributed by atoms with Gasteiger partial charge in [0, 0.05) is 43.4 Å². The standard InChI is InChI=1S/C23H30N4O2/c1-17-10-13-27(14-11-17)20-8-6-19(7-9-20)26-22(29)23(2,3)21(28)25-16-18-5-4-12-24-15-18/h4-9,12,15,17H,10-11,13-14,16H2,1-3H3,(H,25,28)(H,26,29). The maximum Gasteiger partial charge on any atom is 0.239 e. The van der Waals surface area contributed by atoms with Crippen molar-refractivity contribution in [2.75, 3.05) is 23.3 Å². The molecule has 0 radical (unpaired) electrons. The highest BCUT2D eigenvalue weighted by atomic mass is 16.2. The van der Waals surface area contributed by atoms with E-state index in [-0.39, 0.29) is 11.8 Å². The van der Waals surface area contributed by atoms with Gasteiger partial charge in [0.25, 0.3) is 0 Å². The Kier molecular flexibility index (Phi) is 6.52. The number of benzene rings is 1. The summed E-state index contributed by atoms with van der Waals surface area (Å²) in [6, 6.07) is 11.5. The van der Waals surface area contributed by atoms with Crippen LogP contribution in [0.25, 0.3) is 0 Å². The molecule has 6 nitrogen and oxygen atoms in total. The van der Waals surface area contributed by atoms with Crippen molar-refractivity contribution in [1.82, 2.24) is 10.3 Å². The molecule has 2 N–H and O–H groups in total. The van der Waals surface area contributed by atoms with Crippen LogP contribution >= 0.6 is 0 Å². The molecule has 29 heavy (non-hydrogen) atoms. The van der Waals surface area contributed by atoms with Gasteiger partial charge in [-0.3, -0.25) is 14.6 Å². The molecule has 6 heteroatoms. The zero-order chi connectivity index (χ0) is 20.9. The second-order valence-electron chi connectivity index (χ2n) is 8.34. The van der Waals surface area contributed by atoms with E-state index in [1.807, 2.05) is 36.4 Å². The lowest BCUT2D eigenvalue weighted by molar-refractivity contribution is -0.138. The van der Waals surface area contributed by atoms with Crippen LogP contribution in [0.3, 0.4) is 0 Å². The summed E-state index contributed by atoms with van der Waals surface area (Å²) in [7, 11) is 0. The van der Waals surface area contributed by atoms with E-state index in [0.29, 0.717) is 12.2 Å². The van der Waals surface area contributed by atoms with Crippen LogP contribution in [0, 0.1) is 11.3 Å². The van der Waals surface area contributed by atoms with E-state index in [2.05, 4.69) is 27.4 Å². The number of nitrogens with zero attached hydrogens (tertiary/aromatic N) is 2. The van der Waals surface area contributed by atoms with Gasteiger partial charge in [0.1, 0.15) is 5.41 Å². The summed E-state index contributed by atoms with van der Waals surface area (Å²) >= 11 is 0. The van der Waals surface area contributed by atoms with Crippen molar-refractivity contribution < 1.29 is 9.59 Å². The Labute approximate surface area is 172 Å². The summed E-state index contributed by atoms with van der Waals surface area (Å²) in [5, 5.41) is 5.68. The predicted octanol–water partition coefficient (Wildman–Crippen LogP) is 3.60. The number of anilines is 2. The molecule has 1 aromatic heterocycles. The Morgan fingerprint density at radius 3 is 2.41 bits per heavy atom. The molecule has 1 saturated heterocycles. The lowest BCUT2D eigenvalue weighted by atomic mass is 9.91. The van der Waals surface area contributed by atoms with Crippen molar-refractivity contribution in [3.63, 3.8) is 0 Å². The Balaban J connectivity index is 1.55. The van der Waals surface area contributed by atoms with Gasteiger partial charge in [0.2, 0.25) is 11.8 Å². The van der Waals surface area contributed by atoms with Crippen molar-refractivity contribution >= 4 is 23.2 Å². The molecule has 2 amide bonds. The number of carbonyl (C=O) groups excluding carboxylic acids is 2. The Bertz CT molecular complexity index is 826. The molecular formula is C23H30N4O2. The Morgan fingerprint density at radius 1 is 1.10 bits per heavy atom. The first-order chi connectivity index (χ1) is 13.9. The second-order valence-corrected chi connectivity index (χ2v) is 8.34. The summed E-state index contributed by atoms with van der Waals surface area (Å²) in [5.74, 6) is 0.134. The van der Waals surface area contributed by atoms with Crippen LogP contribution in [0.15, 0.2) is 48.8 Å². The highest BCUT2D eigenvalue weighted by Crippen LogP contribution is 2.25. The minimum absolute atomic E-state index is 0.321. The number of amides is 2. The second kappa shape index (κ2) is 9.07. The van der Waals surface area contributed by atoms with Gasteiger partial charge in [-0.1, -0.05) is 13.0 Å². The molecule has 3 rings (SSSR count). The van der Waals surface area contributed by atoms with E-state index >= 15 is 0 Å². The number of nitrogens with one attached hydrogen (secondary N) is 2. The highest BCUT2D eigenvalue weighted by Gasteiger charge is 2.36. The van der Waals surface area contributed by atoms with Gasteiger partial charge in [-0.25, -0.2) is 0 Å². The van der Waals surface area contributed by atoms with Gasteiger partial charge in [0.05, 0.1) is 0 Å². The van der Waals surface area contributed by atoms with Crippen molar-refractivity contribution in [3.8, 4) is 0 Å². The van der Waals surface area contributed by atoms with Gasteiger partial charge in [0.15, 0.2) is 0 Å². The number of hydrogen-bond acceptors (Lipinski definition) is 4. The molecule has 1 fully saturated rings. The van der Waals surface area contributed by atoms with E-state index < -0.39 is 5.41 Å². The fraction of sp³-hybridized carbons (Fsp3) is 0.435. The van der Waals surface area contributed by atoms with Crippen molar-refractivity contribution in [2.45, 2.75) is 40.2 Å². The minimum atomic E-state index is -1.19. The fourth-order valence-corrected chi connectivity index (χ4v) is 3.32. The van der Waals surface area contributed by atoms with Gasteiger partial charge in [-0.2, -0.15) is 0 Å². The van der Waals surface area contributed by atoms with E-state index in [4.69, 9.17) is 0 Å². The topological polar surface area (TPSA) is 74.3 Å². The van der Waals surface area contributed by atoms with Crippen molar-refractivity contribution in [3.05, 3.63) is 54.4 Å². The third-order valence-electron chi connectivity index (χ3n) is 5.59. The smallest absolute Gasteiger partial charge is 0.239 e. The lowest BCUT2D eigenvalue weighted by Gasteiger charge is -2.32. The number of rotatable bonds is 6. The third-order valence-corrected chi connectivity index (χ3v) is 5.59. The maximum atomic E-state index is 12.7. The zero-order valence-corrected chi connectivity index (χ0v) is 17.4. The number of carbonyl (C=O) groups is 2. The van der Waals surface area contributed by atoms with E-state index in [1.54, 1.807) is 26.2 Å². The molecule has 0 aliphatic carbocycles. The first kappa shape index (κ1) is 20.8. The van der Waals surface area contributed by atoms with Gasteiger partial charge in [-0.05, 0) is 68.5 Å². The van der Waals surface area contributed by atoms with Crippen LogP contribution in [-0.4, -0.2) is 29.9 Å². The number of pyridine rings is 1. The Morgan fingerprint density at radius 2 is 1.79 bits per heavy atom. The summed E-state index contributed by atoms with van der Waals surface area (Å²) < 4.78 is 0. The molecule has 2 aromatic rings. The fourth-order valence-electron chi connectivity index (χ4n) is 3.32. The first-order valence-corrected chi connectivity index (χ1v) is 10.2. The average molecular weight is 395 g/mol. The molecular weight excluding hydrogens is 364 g/mol. The highest BCUT2D eigenvalue weighted by molar-refractivity contribution is 6.09. The van der Waals surface area contributed by atoms with Gasteiger partial charge < -0.3 is 15.5 Å². The largest absolute Gasteiger partial charge is 0.372 e. The van der Waals surface area contributed by atoms with Gasteiger partial charge in [-0.15, -0.1) is 0 Å². The van der Waals surface area contributed by atoms with Crippen LogP contribution in [0.2, 0.25) is 0 Å². The third kappa shape index (κ3) is 5.34. The molecule has 1 aliphatic heterocycles. The Hall–Kier alpha value is -2.89. The van der Waals surface area contributed by atoms with Crippen molar-refractivity contribution in [1.29, 1.82) is 0 Å². The SMILES string of the molecule is CC1CCN(c2ccc(NC(=O)C(C)(C)C(=O)NCc3cccnc3)cc2)CC1. The maximum absolute atomic E-state index is 12.7. The van der Waals surface area contributed by atoms with E-state index in [0.717, 1.165) is 24.6 Å². The molecule has 154 valence electrons. The predicted molar refractivity (Wildman–Crippen MR) is 116 cm³/mol. The van der Waals surface area contributed by atoms with Gasteiger partial charge >= 0.3 is 0 Å². The summed E-state index contributed by atoms with van der Waals surface area (Å²) in [5.41, 5.74) is 1.56. The van der Waals surface area contributed by atoms with E-state index in [1.165, 1.54) is 18.5 Å². The molecule has 0 saturated carbocycles. The van der Waals surface area contributed by atoms with Crippen LogP contribution in [0.5, 0.6) is 0 Å². The lowest BCUT2D eigenvalue weighted by Crippen LogP contribution is -2.44. The molecule has 2 heterocycles. The zero-order valence-electron chi connectivity index (χ0n) is 17.4. The summed E-state index contributed by atoms with van der Waals surface area (Å²) in [6.45, 7) is 8.03. The molecule has 0 bridgehead atoms. The van der Waals surface area contributed by atoms with Crippen molar-refractivity contribution in [2.24, 2.45) is 11.3 Å². The van der Waals surface area contributed by atoms with E-state index in [9.17, 15) is 9.59 Å². The van der Waals surface area contributed by atoms with Crippen LogP contribution < -0.4 is 15.5 Å². The monoisotopic (exact) mass is 394 g/mol. The molecule has 0 atom stereocenters. The molecule has 0 unspecified atom stereocenters. The van der Waals surface area contributed by atoms with Crippen LogP contribution in [0.1, 0.15) is 39.2 Å². The summed E-state index contributed by atoms with van der Waals surface area (Å²) in [6.07, 6.45) is 5.79. The number of hydrogen-bond donors (Lipinski definition) is 2. The summed E-state index contributed by atoms with van der Waals surface area (Å²) in [4.78, 5) is 31.7. The van der Waals surface area contributed by atoms with Crippen LogP contribution in [0.4, 0.5) is 11.4 Å². The quantitative estimate of drug-likeness (QED) is 0.734. The average Bonchev–Trinajstić information content (AvgIpc) is 2.74.